The van der Waals surface area contributed by atoms with Crippen LogP contribution in [-0.4, -0.2) is 43.7 Å². The number of aryl methyl sites for hydroxylation is 1. The monoisotopic (exact) mass is 378 g/mol. The molecule has 0 bridgehead atoms. The molecule has 146 valence electrons. The fourth-order valence-corrected chi connectivity index (χ4v) is 3.90. The molecular formula is C23H28N3O2+. The number of benzene rings is 2. The van der Waals surface area contributed by atoms with Crippen LogP contribution in [-0.2, 0) is 16.0 Å². The number of amides is 1. The molecule has 3 N–H and O–H groups in total. The van der Waals surface area contributed by atoms with Crippen LogP contribution >= 0.6 is 0 Å². The highest BCUT2D eigenvalue weighted by atomic mass is 16.5. The van der Waals surface area contributed by atoms with Gasteiger partial charge in [0.25, 0.3) is 0 Å². The van der Waals surface area contributed by atoms with Gasteiger partial charge in [-0.15, -0.1) is 0 Å². The molecule has 2 heterocycles. The number of nitrogens with one attached hydrogen (secondary N) is 3. The van der Waals surface area contributed by atoms with Gasteiger partial charge in [0.1, 0.15) is 25.7 Å². The second-order valence-electron chi connectivity index (χ2n) is 7.63. The Morgan fingerprint density at radius 2 is 1.89 bits per heavy atom. The van der Waals surface area contributed by atoms with Crippen LogP contribution in [0.1, 0.15) is 22.7 Å². The lowest BCUT2D eigenvalue weighted by molar-refractivity contribution is -0.909. The number of ether oxygens (including phenoxy) is 1. The second kappa shape index (κ2) is 8.59. The first-order valence-electron chi connectivity index (χ1n) is 10.0. The summed E-state index contributed by atoms with van der Waals surface area (Å²) in [6.45, 7) is 6.52. The summed E-state index contributed by atoms with van der Waals surface area (Å²) in [6, 6.07) is 16.6. The summed E-state index contributed by atoms with van der Waals surface area (Å²) in [4.78, 5) is 17.6. The normalized spacial score (nSPS) is 16.2. The topological polar surface area (TPSA) is 58.6 Å². The van der Waals surface area contributed by atoms with Gasteiger partial charge in [0.15, 0.2) is 0 Å². The molecule has 1 atom stereocenters. The fraction of sp³-hybridized carbons (Fsp3) is 0.348. The predicted molar refractivity (Wildman–Crippen MR) is 110 cm³/mol. The number of hydrogen-bond acceptors (Lipinski definition) is 2. The van der Waals surface area contributed by atoms with Gasteiger partial charge in [-0.1, -0.05) is 48.0 Å². The van der Waals surface area contributed by atoms with Crippen LogP contribution in [0.4, 0.5) is 0 Å². The number of fused-ring (bicyclic) bond motifs is 1. The standard InChI is InChI=1S/C23H27N3O2/c1-17-6-8-18(9-7-17)22(16-26-10-12-28-13-11-26)25-23(27)14-19-15-24-21-5-3-2-4-20(19)21/h2-9,15,22,24H,10-14,16H2,1H3,(H,25,27)/p+1/t22-/m0/s1. The average molecular weight is 378 g/mol. The van der Waals surface area contributed by atoms with Crippen LogP contribution in [0.2, 0.25) is 0 Å². The molecule has 28 heavy (non-hydrogen) atoms. The molecule has 1 amide bonds. The zero-order chi connectivity index (χ0) is 19.3. The number of H-pyrrole nitrogens is 1. The predicted octanol–water partition coefficient (Wildman–Crippen LogP) is 1.79. The first kappa shape index (κ1) is 18.7. The molecule has 4 rings (SSSR count). The number of carbonyl (C=O) groups excluding carboxylic acids is 1. The van der Waals surface area contributed by atoms with E-state index in [1.165, 1.54) is 10.5 Å². The molecule has 1 saturated heterocycles. The van der Waals surface area contributed by atoms with Crippen molar-refractivity contribution in [1.29, 1.82) is 0 Å². The lowest BCUT2D eigenvalue weighted by atomic mass is 10.0. The molecule has 0 unspecified atom stereocenters. The van der Waals surface area contributed by atoms with Gasteiger partial charge in [-0.2, -0.15) is 0 Å². The van der Waals surface area contributed by atoms with Crippen molar-refractivity contribution in [3.63, 3.8) is 0 Å². The highest BCUT2D eigenvalue weighted by Crippen LogP contribution is 2.19. The summed E-state index contributed by atoms with van der Waals surface area (Å²) >= 11 is 0. The maximum absolute atomic E-state index is 12.9. The summed E-state index contributed by atoms with van der Waals surface area (Å²) in [5, 5.41) is 4.40. The highest BCUT2D eigenvalue weighted by Gasteiger charge is 2.23. The van der Waals surface area contributed by atoms with Crippen molar-refractivity contribution in [3.8, 4) is 0 Å². The molecule has 0 saturated carbocycles. The number of carbonyl (C=O) groups is 1. The third-order valence-electron chi connectivity index (χ3n) is 5.53. The lowest BCUT2D eigenvalue weighted by Crippen LogP contribution is -3.14. The summed E-state index contributed by atoms with van der Waals surface area (Å²) in [7, 11) is 0. The van der Waals surface area contributed by atoms with Crippen LogP contribution in [0, 0.1) is 6.92 Å². The largest absolute Gasteiger partial charge is 0.370 e. The molecule has 2 aromatic carbocycles. The van der Waals surface area contributed by atoms with Crippen molar-refractivity contribution in [2.75, 3.05) is 32.8 Å². The number of quaternary nitrogens is 1. The summed E-state index contributed by atoms with van der Waals surface area (Å²) in [5.74, 6) is 0.0583. The van der Waals surface area contributed by atoms with Crippen molar-refractivity contribution in [2.24, 2.45) is 0 Å². The smallest absolute Gasteiger partial charge is 0.225 e. The summed E-state index contributed by atoms with van der Waals surface area (Å²) in [6.07, 6.45) is 2.32. The van der Waals surface area contributed by atoms with E-state index in [9.17, 15) is 4.79 Å². The van der Waals surface area contributed by atoms with Crippen molar-refractivity contribution < 1.29 is 14.4 Å². The minimum absolute atomic E-state index is 0.00593. The van der Waals surface area contributed by atoms with Crippen molar-refractivity contribution >= 4 is 16.8 Å². The van der Waals surface area contributed by atoms with Gasteiger partial charge in [0, 0.05) is 17.1 Å². The Kier molecular flexibility index (Phi) is 5.74. The molecule has 1 fully saturated rings. The molecule has 0 aliphatic carbocycles. The quantitative estimate of drug-likeness (QED) is 0.613. The Morgan fingerprint density at radius 1 is 1.14 bits per heavy atom. The maximum atomic E-state index is 12.9. The van der Waals surface area contributed by atoms with Crippen LogP contribution in [0.3, 0.4) is 0 Å². The van der Waals surface area contributed by atoms with E-state index in [1.807, 2.05) is 24.4 Å². The number of aromatic amines is 1. The van der Waals surface area contributed by atoms with Gasteiger partial charge in [0.2, 0.25) is 5.91 Å². The minimum Gasteiger partial charge on any atom is -0.370 e. The first-order valence-corrected chi connectivity index (χ1v) is 10.0. The summed E-state index contributed by atoms with van der Waals surface area (Å²) in [5.41, 5.74) is 4.50. The van der Waals surface area contributed by atoms with Gasteiger partial charge >= 0.3 is 0 Å². The zero-order valence-electron chi connectivity index (χ0n) is 16.3. The van der Waals surface area contributed by atoms with Crippen molar-refractivity contribution in [1.82, 2.24) is 10.3 Å². The van der Waals surface area contributed by atoms with E-state index in [0.717, 1.165) is 54.9 Å². The van der Waals surface area contributed by atoms with E-state index >= 15 is 0 Å². The molecular weight excluding hydrogens is 350 g/mol. The first-order chi connectivity index (χ1) is 13.7. The van der Waals surface area contributed by atoms with E-state index in [-0.39, 0.29) is 11.9 Å². The van der Waals surface area contributed by atoms with Crippen LogP contribution in [0.25, 0.3) is 10.9 Å². The zero-order valence-corrected chi connectivity index (χ0v) is 16.3. The molecule has 0 radical (unpaired) electrons. The Balaban J connectivity index is 1.49. The summed E-state index contributed by atoms with van der Waals surface area (Å²) < 4.78 is 5.48. The Morgan fingerprint density at radius 3 is 2.68 bits per heavy atom. The number of para-hydroxylation sites is 1. The molecule has 3 aromatic rings. The molecule has 5 heteroatoms. The second-order valence-corrected chi connectivity index (χ2v) is 7.63. The third kappa shape index (κ3) is 4.43. The van der Waals surface area contributed by atoms with E-state index in [4.69, 9.17) is 4.74 Å². The Labute approximate surface area is 165 Å². The van der Waals surface area contributed by atoms with Crippen molar-refractivity contribution in [2.45, 2.75) is 19.4 Å². The number of hydrogen-bond donors (Lipinski definition) is 3. The highest BCUT2D eigenvalue weighted by molar-refractivity contribution is 5.89. The fourth-order valence-electron chi connectivity index (χ4n) is 3.90. The molecule has 1 aromatic heterocycles. The van der Waals surface area contributed by atoms with Gasteiger partial charge in [-0.05, 0) is 24.1 Å². The van der Waals surface area contributed by atoms with E-state index in [2.05, 4.69) is 47.6 Å². The van der Waals surface area contributed by atoms with Crippen LogP contribution < -0.4 is 10.2 Å². The average Bonchev–Trinajstić information content (AvgIpc) is 3.12. The molecule has 1 aliphatic heterocycles. The van der Waals surface area contributed by atoms with E-state index in [1.54, 1.807) is 0 Å². The van der Waals surface area contributed by atoms with Gasteiger partial charge in [-0.25, -0.2) is 0 Å². The SMILES string of the molecule is Cc1ccc([C@H](C[NH+]2CCOCC2)NC(=O)Cc2c[nH]c3ccccc23)cc1. The van der Waals surface area contributed by atoms with Gasteiger partial charge in [0.05, 0.1) is 19.6 Å². The minimum atomic E-state index is 0.00593. The lowest BCUT2D eigenvalue weighted by Gasteiger charge is -2.28. The van der Waals surface area contributed by atoms with Crippen LogP contribution in [0.5, 0.6) is 0 Å². The van der Waals surface area contributed by atoms with Crippen molar-refractivity contribution in [3.05, 3.63) is 71.4 Å². The molecule has 0 spiro atoms. The van der Waals surface area contributed by atoms with Crippen LogP contribution in [0.15, 0.2) is 54.7 Å². The third-order valence-corrected chi connectivity index (χ3v) is 5.53. The number of morpholine rings is 1. The number of rotatable bonds is 6. The molecule has 5 nitrogen and oxygen atoms in total. The maximum Gasteiger partial charge on any atom is 0.225 e. The van der Waals surface area contributed by atoms with Gasteiger partial charge < -0.3 is 19.9 Å². The molecule has 1 aliphatic rings. The Bertz CT molecular complexity index is 926. The van der Waals surface area contributed by atoms with E-state index in [0.29, 0.717) is 6.42 Å². The Hall–Kier alpha value is -2.63. The van der Waals surface area contributed by atoms with E-state index < -0.39 is 0 Å². The number of aromatic nitrogens is 1. The van der Waals surface area contributed by atoms with Gasteiger partial charge in [-0.3, -0.25) is 4.79 Å².